The van der Waals surface area contributed by atoms with Gasteiger partial charge in [0.2, 0.25) is 15.9 Å². The highest BCUT2D eigenvalue weighted by Crippen LogP contribution is 2.24. The molecule has 0 aliphatic rings. The van der Waals surface area contributed by atoms with E-state index in [1.807, 2.05) is 6.92 Å². The first-order valence-corrected chi connectivity index (χ1v) is 10.4. The van der Waals surface area contributed by atoms with Gasteiger partial charge in [-0.15, -0.1) is 11.3 Å². The predicted molar refractivity (Wildman–Crippen MR) is 102 cm³/mol. The van der Waals surface area contributed by atoms with Crippen molar-refractivity contribution in [3.05, 3.63) is 58.9 Å². The number of hydrogen-bond donors (Lipinski definition) is 1. The zero-order valence-corrected chi connectivity index (χ0v) is 16.4. The van der Waals surface area contributed by atoms with Gasteiger partial charge in [-0.25, -0.2) is 22.5 Å². The largest absolute Gasteiger partial charge is 0.340 e. The summed E-state index contributed by atoms with van der Waals surface area (Å²) in [6.45, 7) is 1.75. The molecule has 6 nitrogen and oxygen atoms in total. The molecule has 0 saturated heterocycles. The van der Waals surface area contributed by atoms with Crippen LogP contribution in [0.4, 0.5) is 4.39 Å². The average molecular weight is 407 g/mol. The molecule has 2 aromatic carbocycles. The lowest BCUT2D eigenvalue weighted by atomic mass is 10.2. The second kappa shape index (κ2) is 7.71. The molecule has 1 aromatic heterocycles. The van der Waals surface area contributed by atoms with E-state index in [9.17, 15) is 17.6 Å². The van der Waals surface area contributed by atoms with E-state index >= 15 is 0 Å². The van der Waals surface area contributed by atoms with Gasteiger partial charge in [-0.05, 0) is 42.8 Å². The van der Waals surface area contributed by atoms with Crippen molar-refractivity contribution in [1.82, 2.24) is 14.6 Å². The number of aromatic nitrogens is 1. The fourth-order valence-corrected chi connectivity index (χ4v) is 4.46. The highest BCUT2D eigenvalue weighted by molar-refractivity contribution is 7.89. The van der Waals surface area contributed by atoms with Crippen LogP contribution in [0.1, 0.15) is 10.6 Å². The third-order valence-corrected chi connectivity index (χ3v) is 6.28. The number of halogens is 1. The van der Waals surface area contributed by atoms with Crippen LogP contribution in [0.15, 0.2) is 47.4 Å². The maximum Gasteiger partial charge on any atom is 0.241 e. The smallest absolute Gasteiger partial charge is 0.241 e. The van der Waals surface area contributed by atoms with Crippen LogP contribution in [-0.4, -0.2) is 37.8 Å². The molecule has 0 atom stereocenters. The van der Waals surface area contributed by atoms with Crippen molar-refractivity contribution in [1.29, 1.82) is 0 Å². The summed E-state index contributed by atoms with van der Waals surface area (Å²) in [6.07, 6.45) is 0. The van der Waals surface area contributed by atoms with E-state index in [0.29, 0.717) is 0 Å². The maximum absolute atomic E-state index is 12.9. The third kappa shape index (κ3) is 4.68. The Morgan fingerprint density at radius 1 is 1.22 bits per heavy atom. The lowest BCUT2D eigenvalue weighted by molar-refractivity contribution is -0.129. The summed E-state index contributed by atoms with van der Waals surface area (Å²) in [5, 5.41) is 0.852. The summed E-state index contributed by atoms with van der Waals surface area (Å²) >= 11 is 1.41. The Labute approximate surface area is 160 Å². The number of benzene rings is 2. The highest BCUT2D eigenvalue weighted by Gasteiger charge is 2.18. The van der Waals surface area contributed by atoms with Crippen molar-refractivity contribution in [2.45, 2.75) is 18.4 Å². The van der Waals surface area contributed by atoms with Gasteiger partial charge in [0, 0.05) is 13.6 Å². The molecule has 3 rings (SSSR count). The minimum Gasteiger partial charge on any atom is -0.340 e. The lowest BCUT2D eigenvalue weighted by Crippen LogP contribution is -2.37. The molecular formula is C18H18FN3O3S2. The number of likely N-dealkylation sites (N-methyl/N-ethyl adjacent to an activating group) is 1. The maximum atomic E-state index is 12.9. The van der Waals surface area contributed by atoms with Crippen molar-refractivity contribution in [2.75, 3.05) is 13.6 Å². The molecule has 0 saturated carbocycles. The Morgan fingerprint density at radius 2 is 1.93 bits per heavy atom. The van der Waals surface area contributed by atoms with Gasteiger partial charge in [-0.1, -0.05) is 12.1 Å². The van der Waals surface area contributed by atoms with Gasteiger partial charge in [0.1, 0.15) is 5.82 Å². The Kier molecular flexibility index (Phi) is 5.54. The molecule has 0 aliphatic carbocycles. The number of nitrogens with one attached hydrogen (secondary N) is 1. The van der Waals surface area contributed by atoms with Gasteiger partial charge in [0.15, 0.2) is 0 Å². The summed E-state index contributed by atoms with van der Waals surface area (Å²) < 4.78 is 41.0. The molecule has 0 radical (unpaired) electrons. The van der Waals surface area contributed by atoms with Crippen molar-refractivity contribution >= 4 is 37.5 Å². The quantitative estimate of drug-likeness (QED) is 0.681. The Bertz CT molecular complexity index is 1080. The monoisotopic (exact) mass is 407 g/mol. The van der Waals surface area contributed by atoms with Gasteiger partial charge in [0.05, 0.1) is 26.7 Å². The summed E-state index contributed by atoms with van der Waals surface area (Å²) in [7, 11) is -2.26. The van der Waals surface area contributed by atoms with Gasteiger partial charge in [-0.3, -0.25) is 4.79 Å². The molecule has 142 valence electrons. The van der Waals surface area contributed by atoms with Crippen LogP contribution < -0.4 is 4.72 Å². The highest BCUT2D eigenvalue weighted by atomic mass is 32.2. The average Bonchev–Trinajstić information content (AvgIpc) is 3.00. The normalized spacial score (nSPS) is 11.7. The zero-order valence-electron chi connectivity index (χ0n) is 14.8. The summed E-state index contributed by atoms with van der Waals surface area (Å²) in [4.78, 5) is 18.0. The number of carbonyl (C=O) groups is 1. The van der Waals surface area contributed by atoms with Crippen molar-refractivity contribution < 1.29 is 17.6 Å². The number of sulfonamides is 1. The molecular weight excluding hydrogens is 389 g/mol. The van der Waals surface area contributed by atoms with Gasteiger partial charge in [0.25, 0.3) is 0 Å². The first-order valence-electron chi connectivity index (χ1n) is 8.10. The van der Waals surface area contributed by atoms with Gasteiger partial charge >= 0.3 is 0 Å². The molecule has 0 fully saturated rings. The number of carbonyl (C=O) groups excluding carboxylic acids is 1. The van der Waals surface area contributed by atoms with E-state index in [2.05, 4.69) is 9.71 Å². The number of thiazole rings is 1. The molecule has 0 aliphatic heterocycles. The number of nitrogens with zero attached hydrogens (tertiary/aromatic N) is 2. The van der Waals surface area contributed by atoms with Gasteiger partial charge < -0.3 is 4.90 Å². The Hall–Kier alpha value is -2.36. The fraction of sp³-hybridized carbons (Fsp3) is 0.222. The molecule has 0 unspecified atom stereocenters. The zero-order chi connectivity index (χ0) is 19.6. The SMILES string of the molecule is Cc1nc2ccc(S(=O)(=O)NCC(=O)N(C)Cc3ccc(F)cc3)cc2s1. The number of fused-ring (bicyclic) bond motifs is 1. The first kappa shape index (κ1) is 19.4. The molecule has 3 aromatic rings. The Morgan fingerprint density at radius 3 is 2.63 bits per heavy atom. The number of amides is 1. The van der Waals surface area contributed by atoms with Crippen LogP contribution in [0.5, 0.6) is 0 Å². The van der Waals surface area contributed by atoms with Gasteiger partial charge in [-0.2, -0.15) is 0 Å². The molecule has 0 spiro atoms. The van der Waals surface area contributed by atoms with Crippen LogP contribution in [0.25, 0.3) is 10.2 Å². The number of hydrogen-bond acceptors (Lipinski definition) is 5. The standard InChI is InChI=1S/C18H18FN3O3S2/c1-12-21-16-8-7-15(9-17(16)26-12)27(24,25)20-10-18(23)22(2)11-13-3-5-14(19)6-4-13/h3-9,20H,10-11H2,1-2H3. The summed E-state index contributed by atoms with van der Waals surface area (Å²) in [6, 6.07) is 10.5. The minimum absolute atomic E-state index is 0.0904. The van der Waals surface area contributed by atoms with Crippen LogP contribution in [0, 0.1) is 12.7 Å². The molecule has 0 bridgehead atoms. The van der Waals surface area contributed by atoms with E-state index in [-0.39, 0.29) is 23.8 Å². The van der Waals surface area contributed by atoms with Crippen LogP contribution >= 0.6 is 11.3 Å². The van der Waals surface area contributed by atoms with Crippen LogP contribution in [-0.2, 0) is 21.4 Å². The molecule has 1 amide bonds. The number of rotatable bonds is 6. The van der Waals surface area contributed by atoms with E-state index < -0.39 is 15.9 Å². The predicted octanol–water partition coefficient (Wildman–Crippen LogP) is 2.68. The number of aryl methyl sites for hydroxylation is 1. The lowest BCUT2D eigenvalue weighted by Gasteiger charge is -2.17. The third-order valence-electron chi connectivity index (χ3n) is 3.95. The van der Waals surface area contributed by atoms with Crippen LogP contribution in [0.3, 0.4) is 0 Å². The summed E-state index contributed by atoms with van der Waals surface area (Å²) in [5.41, 5.74) is 1.49. The van der Waals surface area contributed by atoms with E-state index in [0.717, 1.165) is 20.8 Å². The minimum atomic E-state index is -3.82. The molecule has 1 heterocycles. The van der Waals surface area contributed by atoms with Crippen molar-refractivity contribution in [3.8, 4) is 0 Å². The second-order valence-electron chi connectivity index (χ2n) is 6.06. The molecule has 27 heavy (non-hydrogen) atoms. The first-order chi connectivity index (χ1) is 12.7. The van der Waals surface area contributed by atoms with E-state index in [4.69, 9.17) is 0 Å². The molecule has 9 heteroatoms. The second-order valence-corrected chi connectivity index (χ2v) is 9.06. The Balaban J connectivity index is 1.64. The topological polar surface area (TPSA) is 79.4 Å². The van der Waals surface area contributed by atoms with Crippen LogP contribution in [0.2, 0.25) is 0 Å². The van der Waals surface area contributed by atoms with Crippen molar-refractivity contribution in [2.24, 2.45) is 0 Å². The van der Waals surface area contributed by atoms with E-state index in [1.165, 1.54) is 34.4 Å². The fourth-order valence-electron chi connectivity index (χ4n) is 2.51. The van der Waals surface area contributed by atoms with Crippen molar-refractivity contribution in [3.63, 3.8) is 0 Å². The molecule has 1 N–H and O–H groups in total. The summed E-state index contributed by atoms with van der Waals surface area (Å²) in [5.74, 6) is -0.744. The van der Waals surface area contributed by atoms with E-state index in [1.54, 1.807) is 31.3 Å².